The van der Waals surface area contributed by atoms with Crippen LogP contribution in [0.5, 0.6) is 0 Å². The molecule has 0 saturated carbocycles. The molecule has 2 N–H and O–H groups in total. The van der Waals surface area contributed by atoms with Gasteiger partial charge in [-0.15, -0.1) is 6.58 Å². The number of carboxylic acids is 1. The molecule has 0 heterocycles. The molecule has 92 valence electrons. The molecule has 5 nitrogen and oxygen atoms in total. The minimum absolute atomic E-state index is 0.262. The number of carboxylic acid groups (broad SMARTS) is 1. The third-order valence-electron chi connectivity index (χ3n) is 1.75. The summed E-state index contributed by atoms with van der Waals surface area (Å²) in [4.78, 5) is 23.2. The summed E-state index contributed by atoms with van der Waals surface area (Å²) in [6.07, 6.45) is 1.80. The number of hydrogen-bond acceptors (Lipinski definition) is 3. The molecule has 0 rings (SSSR count). The van der Waals surface area contributed by atoms with E-state index in [4.69, 9.17) is 5.11 Å². The van der Waals surface area contributed by atoms with Gasteiger partial charge in [-0.2, -0.15) is 11.8 Å². The Kier molecular flexibility index (Phi) is 8.42. The van der Waals surface area contributed by atoms with Gasteiger partial charge in [0.05, 0.1) is 0 Å². The molecular weight excluding hydrogens is 228 g/mol. The molecule has 2 amide bonds. The maximum atomic E-state index is 11.5. The van der Waals surface area contributed by atoms with Gasteiger partial charge in [-0.1, -0.05) is 6.08 Å². The Balaban J connectivity index is 3.75. The van der Waals surface area contributed by atoms with Crippen LogP contribution in [0.3, 0.4) is 0 Å². The number of likely N-dealkylation sites (N-methyl/N-ethyl adjacent to an activating group) is 1. The molecule has 0 aromatic heterocycles. The highest BCUT2D eigenvalue weighted by molar-refractivity contribution is 7.99. The minimum Gasteiger partial charge on any atom is -0.480 e. The molecule has 0 aromatic carbocycles. The van der Waals surface area contributed by atoms with Gasteiger partial charge in [-0.25, -0.2) is 4.79 Å². The minimum atomic E-state index is -1.00. The topological polar surface area (TPSA) is 69.6 Å². The molecule has 6 heteroatoms. The van der Waals surface area contributed by atoms with E-state index in [1.807, 2.05) is 0 Å². The predicted octanol–water partition coefficient (Wildman–Crippen LogP) is 1.02. The zero-order chi connectivity index (χ0) is 12.4. The fourth-order valence-corrected chi connectivity index (χ4v) is 1.58. The number of amides is 2. The van der Waals surface area contributed by atoms with E-state index >= 15 is 0 Å². The smallest absolute Gasteiger partial charge is 0.323 e. The van der Waals surface area contributed by atoms with Crippen molar-refractivity contribution < 1.29 is 14.7 Å². The average Bonchev–Trinajstić information content (AvgIpc) is 2.25. The summed E-state index contributed by atoms with van der Waals surface area (Å²) < 4.78 is 0. The van der Waals surface area contributed by atoms with Gasteiger partial charge in [0.25, 0.3) is 0 Å². The third-order valence-corrected chi connectivity index (χ3v) is 2.72. The van der Waals surface area contributed by atoms with Gasteiger partial charge in [-0.3, -0.25) is 4.79 Å². The summed E-state index contributed by atoms with van der Waals surface area (Å²) in [6.45, 7) is 5.99. The number of thioether (sulfide) groups is 1. The number of carbonyl (C=O) groups is 2. The van der Waals surface area contributed by atoms with Crippen LogP contribution in [0.25, 0.3) is 0 Å². The molecule has 0 atom stereocenters. The van der Waals surface area contributed by atoms with Crippen molar-refractivity contribution in [3.05, 3.63) is 12.7 Å². The van der Waals surface area contributed by atoms with Gasteiger partial charge >= 0.3 is 12.0 Å². The van der Waals surface area contributed by atoms with Crippen LogP contribution >= 0.6 is 11.8 Å². The first kappa shape index (κ1) is 14.8. The summed E-state index contributed by atoms with van der Waals surface area (Å²) in [5.74, 6) is 0.642. The van der Waals surface area contributed by atoms with E-state index in [1.165, 1.54) is 4.90 Å². The average molecular weight is 246 g/mol. The van der Waals surface area contributed by atoms with Crippen molar-refractivity contribution in [1.82, 2.24) is 10.2 Å². The Morgan fingerprint density at radius 1 is 1.56 bits per heavy atom. The van der Waals surface area contributed by atoms with Crippen LogP contribution in [0.2, 0.25) is 0 Å². The van der Waals surface area contributed by atoms with Gasteiger partial charge in [-0.05, 0) is 6.92 Å². The van der Waals surface area contributed by atoms with Crippen molar-refractivity contribution in [2.45, 2.75) is 6.92 Å². The van der Waals surface area contributed by atoms with Crippen molar-refractivity contribution in [1.29, 1.82) is 0 Å². The largest absolute Gasteiger partial charge is 0.480 e. The van der Waals surface area contributed by atoms with Crippen LogP contribution in [0.15, 0.2) is 12.7 Å². The zero-order valence-corrected chi connectivity index (χ0v) is 10.3. The lowest BCUT2D eigenvalue weighted by Gasteiger charge is -2.18. The molecule has 0 aliphatic heterocycles. The first-order valence-corrected chi connectivity index (χ1v) is 6.20. The lowest BCUT2D eigenvalue weighted by molar-refractivity contribution is -0.137. The van der Waals surface area contributed by atoms with E-state index in [-0.39, 0.29) is 12.6 Å². The Morgan fingerprint density at radius 3 is 2.75 bits per heavy atom. The van der Waals surface area contributed by atoms with Crippen molar-refractivity contribution in [2.75, 3.05) is 31.1 Å². The van der Waals surface area contributed by atoms with Gasteiger partial charge in [0.1, 0.15) is 6.54 Å². The SMILES string of the molecule is C=CCSCCNC(=O)N(CC)CC(=O)O. The number of urea groups is 1. The standard InChI is InChI=1S/C10H18N2O3S/c1-3-6-16-7-5-11-10(15)12(4-2)8-9(13)14/h3H,1,4-8H2,2H3,(H,11,15)(H,13,14). The fraction of sp³-hybridized carbons (Fsp3) is 0.600. The van der Waals surface area contributed by atoms with Crippen molar-refractivity contribution in [3.63, 3.8) is 0 Å². The highest BCUT2D eigenvalue weighted by atomic mass is 32.2. The monoisotopic (exact) mass is 246 g/mol. The number of aliphatic carboxylic acids is 1. The number of nitrogens with zero attached hydrogens (tertiary/aromatic N) is 1. The normalized spacial score (nSPS) is 9.56. The van der Waals surface area contributed by atoms with Gasteiger partial charge in [0, 0.05) is 24.6 Å². The molecule has 0 unspecified atom stereocenters. The maximum Gasteiger partial charge on any atom is 0.323 e. The van der Waals surface area contributed by atoms with E-state index in [0.29, 0.717) is 13.1 Å². The van der Waals surface area contributed by atoms with Crippen molar-refractivity contribution >= 4 is 23.8 Å². The summed E-state index contributed by atoms with van der Waals surface area (Å²) >= 11 is 1.66. The molecular formula is C10H18N2O3S. The number of rotatable bonds is 8. The summed E-state index contributed by atoms with van der Waals surface area (Å²) in [6, 6.07) is -0.330. The number of hydrogen-bond donors (Lipinski definition) is 2. The third kappa shape index (κ3) is 7.17. The van der Waals surface area contributed by atoms with E-state index in [2.05, 4.69) is 11.9 Å². The quantitative estimate of drug-likeness (QED) is 0.495. The summed E-state index contributed by atoms with van der Waals surface area (Å²) in [5.41, 5.74) is 0. The Bertz CT molecular complexity index is 246. The molecule has 0 spiro atoms. The van der Waals surface area contributed by atoms with Crippen LogP contribution in [0, 0.1) is 0 Å². The molecule has 0 aliphatic rings. The van der Waals surface area contributed by atoms with Crippen molar-refractivity contribution in [2.24, 2.45) is 0 Å². The van der Waals surface area contributed by atoms with Gasteiger partial charge in [0.2, 0.25) is 0 Å². The lowest BCUT2D eigenvalue weighted by Crippen LogP contribution is -2.43. The highest BCUT2D eigenvalue weighted by Crippen LogP contribution is 1.97. The van der Waals surface area contributed by atoms with Crippen LogP contribution in [-0.2, 0) is 4.79 Å². The van der Waals surface area contributed by atoms with Crippen LogP contribution in [-0.4, -0.2) is 53.1 Å². The number of nitrogens with one attached hydrogen (secondary N) is 1. The second-order valence-electron chi connectivity index (χ2n) is 3.00. The lowest BCUT2D eigenvalue weighted by atomic mass is 10.5. The van der Waals surface area contributed by atoms with E-state index < -0.39 is 5.97 Å². The molecule has 0 bridgehead atoms. The Morgan fingerprint density at radius 2 is 2.25 bits per heavy atom. The molecule has 0 aliphatic carbocycles. The van der Waals surface area contributed by atoms with Crippen LogP contribution in [0.4, 0.5) is 4.79 Å². The van der Waals surface area contributed by atoms with E-state index in [9.17, 15) is 9.59 Å². The molecule has 16 heavy (non-hydrogen) atoms. The first-order chi connectivity index (χ1) is 7.61. The number of carbonyl (C=O) groups excluding carboxylic acids is 1. The van der Waals surface area contributed by atoms with Gasteiger partial charge < -0.3 is 15.3 Å². The van der Waals surface area contributed by atoms with Crippen molar-refractivity contribution in [3.8, 4) is 0 Å². The Hall–Kier alpha value is -1.17. The molecule has 0 saturated heterocycles. The van der Waals surface area contributed by atoms with Crippen LogP contribution in [0.1, 0.15) is 6.92 Å². The van der Waals surface area contributed by atoms with E-state index in [0.717, 1.165) is 11.5 Å². The fourth-order valence-electron chi connectivity index (χ4n) is 0.999. The predicted molar refractivity (Wildman–Crippen MR) is 65.8 cm³/mol. The summed E-state index contributed by atoms with van der Waals surface area (Å²) in [7, 11) is 0. The maximum absolute atomic E-state index is 11.5. The van der Waals surface area contributed by atoms with Gasteiger partial charge in [0.15, 0.2) is 0 Å². The highest BCUT2D eigenvalue weighted by Gasteiger charge is 2.13. The van der Waals surface area contributed by atoms with Crippen LogP contribution < -0.4 is 5.32 Å². The molecule has 0 radical (unpaired) electrons. The summed E-state index contributed by atoms with van der Waals surface area (Å²) in [5, 5.41) is 11.2. The second kappa shape index (κ2) is 9.08. The Labute approximate surface area is 99.9 Å². The van der Waals surface area contributed by atoms with E-state index in [1.54, 1.807) is 24.8 Å². The molecule has 0 fully saturated rings. The molecule has 0 aromatic rings. The first-order valence-electron chi connectivity index (χ1n) is 5.05. The zero-order valence-electron chi connectivity index (χ0n) is 9.44. The second-order valence-corrected chi connectivity index (χ2v) is 4.15.